The molecule has 2 fully saturated rings. The van der Waals surface area contributed by atoms with Crippen LogP contribution in [0.15, 0.2) is 23.4 Å². The number of rotatable bonds is 5. The Morgan fingerprint density at radius 1 is 1.12 bits per heavy atom. The Morgan fingerprint density at radius 2 is 1.83 bits per heavy atom. The van der Waals surface area contributed by atoms with Gasteiger partial charge in [0, 0.05) is 58.2 Å². The molecule has 24 heavy (non-hydrogen) atoms. The van der Waals surface area contributed by atoms with Gasteiger partial charge in [-0.25, -0.2) is 8.42 Å². The second-order valence-corrected chi connectivity index (χ2v) is 7.82. The van der Waals surface area contributed by atoms with E-state index in [0.29, 0.717) is 38.5 Å². The first-order valence-corrected chi connectivity index (χ1v) is 9.67. The van der Waals surface area contributed by atoms with Gasteiger partial charge < -0.3 is 14.7 Å². The van der Waals surface area contributed by atoms with Gasteiger partial charge in [0.1, 0.15) is 4.90 Å². The molecular formula is C15H24N4O4S. The molecule has 3 rings (SSSR count). The quantitative estimate of drug-likeness (QED) is 0.740. The van der Waals surface area contributed by atoms with Gasteiger partial charge in [0.05, 0.1) is 25.5 Å². The van der Waals surface area contributed by atoms with Crippen LogP contribution in [0.4, 0.5) is 5.69 Å². The van der Waals surface area contributed by atoms with Gasteiger partial charge in [-0.05, 0) is 6.07 Å². The molecule has 0 saturated carbocycles. The molecule has 0 spiro atoms. The van der Waals surface area contributed by atoms with E-state index in [0.717, 1.165) is 26.2 Å². The zero-order valence-corrected chi connectivity index (χ0v) is 14.5. The summed E-state index contributed by atoms with van der Waals surface area (Å²) in [5.74, 6) is 0. The molecule has 0 aromatic carbocycles. The van der Waals surface area contributed by atoms with Crippen LogP contribution in [0.5, 0.6) is 0 Å². The Morgan fingerprint density at radius 3 is 2.50 bits per heavy atom. The number of anilines is 1. The van der Waals surface area contributed by atoms with Crippen molar-refractivity contribution in [3.8, 4) is 0 Å². The SMILES string of the molecule is O=S(=O)(c1cnccc1N1CCN(CCO)CC1)N1CCOCC1. The fourth-order valence-corrected chi connectivity index (χ4v) is 4.68. The molecule has 9 heteroatoms. The highest BCUT2D eigenvalue weighted by Gasteiger charge is 2.31. The van der Waals surface area contributed by atoms with Gasteiger partial charge in [0.15, 0.2) is 0 Å². The molecule has 0 atom stereocenters. The van der Waals surface area contributed by atoms with Crippen molar-refractivity contribution in [1.82, 2.24) is 14.2 Å². The van der Waals surface area contributed by atoms with Crippen molar-refractivity contribution < 1.29 is 18.3 Å². The Hall–Kier alpha value is -1.26. The molecule has 134 valence electrons. The normalized spacial score (nSPS) is 21.1. The maximum Gasteiger partial charge on any atom is 0.246 e. The zero-order valence-electron chi connectivity index (χ0n) is 13.7. The average molecular weight is 356 g/mol. The van der Waals surface area contributed by atoms with Gasteiger partial charge in [-0.15, -0.1) is 0 Å². The lowest BCUT2D eigenvalue weighted by Crippen LogP contribution is -2.48. The number of β-amino-alcohol motifs (C(OH)–C–C–N with tert-alkyl or cyclic N) is 1. The summed E-state index contributed by atoms with van der Waals surface area (Å²) in [6.45, 7) is 5.48. The van der Waals surface area contributed by atoms with E-state index in [-0.39, 0.29) is 11.5 Å². The van der Waals surface area contributed by atoms with E-state index >= 15 is 0 Å². The highest BCUT2D eigenvalue weighted by Crippen LogP contribution is 2.28. The molecule has 0 amide bonds. The molecule has 2 saturated heterocycles. The standard InChI is InChI=1S/C15H24N4O4S/c20-10-7-17-3-5-18(6-4-17)14-1-2-16-13-15(14)24(21,22)19-8-11-23-12-9-19/h1-2,13,20H,3-12H2. The number of hydrogen-bond donors (Lipinski definition) is 1. The Balaban J connectivity index is 1.81. The van der Waals surface area contributed by atoms with Crippen LogP contribution in [0.3, 0.4) is 0 Å². The summed E-state index contributed by atoms with van der Waals surface area (Å²) < 4.78 is 32.7. The highest BCUT2D eigenvalue weighted by atomic mass is 32.2. The molecule has 0 unspecified atom stereocenters. The molecule has 3 heterocycles. The lowest BCUT2D eigenvalue weighted by Gasteiger charge is -2.37. The van der Waals surface area contributed by atoms with Crippen LogP contribution in [-0.2, 0) is 14.8 Å². The van der Waals surface area contributed by atoms with Crippen LogP contribution in [-0.4, -0.2) is 93.3 Å². The van der Waals surface area contributed by atoms with Gasteiger partial charge in [-0.3, -0.25) is 9.88 Å². The predicted molar refractivity (Wildman–Crippen MR) is 89.6 cm³/mol. The number of hydrogen-bond acceptors (Lipinski definition) is 7. The molecule has 0 aliphatic carbocycles. The first-order chi connectivity index (χ1) is 11.6. The Labute approximate surface area is 142 Å². The first-order valence-electron chi connectivity index (χ1n) is 8.23. The average Bonchev–Trinajstić information content (AvgIpc) is 2.63. The summed E-state index contributed by atoms with van der Waals surface area (Å²) in [5, 5.41) is 9.04. The summed E-state index contributed by atoms with van der Waals surface area (Å²) in [4.78, 5) is 8.57. The summed E-state index contributed by atoms with van der Waals surface area (Å²) in [6, 6.07) is 1.77. The predicted octanol–water partition coefficient (Wildman–Crippen LogP) is -0.783. The van der Waals surface area contributed by atoms with E-state index < -0.39 is 10.0 Å². The van der Waals surface area contributed by atoms with Gasteiger partial charge in [-0.2, -0.15) is 4.31 Å². The fourth-order valence-electron chi connectivity index (χ4n) is 3.11. The third kappa shape index (κ3) is 3.70. The van der Waals surface area contributed by atoms with Crippen LogP contribution in [0.1, 0.15) is 0 Å². The number of piperazine rings is 1. The van der Waals surface area contributed by atoms with Gasteiger partial charge in [0.25, 0.3) is 0 Å². The second-order valence-electron chi connectivity index (χ2n) is 5.91. The Kier molecular flexibility index (Phi) is 5.67. The van der Waals surface area contributed by atoms with E-state index in [1.165, 1.54) is 10.5 Å². The van der Waals surface area contributed by atoms with E-state index in [1.807, 2.05) is 0 Å². The maximum absolute atomic E-state index is 13.0. The number of ether oxygens (including phenoxy) is 1. The molecule has 0 bridgehead atoms. The van der Waals surface area contributed by atoms with Crippen LogP contribution >= 0.6 is 0 Å². The number of nitrogens with zero attached hydrogens (tertiary/aromatic N) is 4. The number of morpholine rings is 1. The van der Waals surface area contributed by atoms with E-state index in [4.69, 9.17) is 9.84 Å². The topological polar surface area (TPSA) is 86.2 Å². The second kappa shape index (κ2) is 7.75. The fraction of sp³-hybridized carbons (Fsp3) is 0.667. The van der Waals surface area contributed by atoms with Crippen molar-refractivity contribution in [2.75, 3.05) is 70.5 Å². The third-order valence-electron chi connectivity index (χ3n) is 4.48. The van der Waals surface area contributed by atoms with Crippen LogP contribution in [0, 0.1) is 0 Å². The van der Waals surface area contributed by atoms with E-state index in [1.54, 1.807) is 12.3 Å². The third-order valence-corrected chi connectivity index (χ3v) is 6.40. The molecule has 1 aromatic rings. The van der Waals surface area contributed by atoms with Crippen molar-refractivity contribution in [2.24, 2.45) is 0 Å². The smallest absolute Gasteiger partial charge is 0.246 e. The minimum atomic E-state index is -3.57. The zero-order chi connectivity index (χ0) is 17.0. The number of aromatic nitrogens is 1. The lowest BCUT2D eigenvalue weighted by molar-refractivity contribution is 0.0730. The molecule has 2 aliphatic rings. The monoisotopic (exact) mass is 356 g/mol. The summed E-state index contributed by atoms with van der Waals surface area (Å²) in [7, 11) is -3.57. The van der Waals surface area contributed by atoms with Crippen molar-refractivity contribution in [3.63, 3.8) is 0 Å². The minimum Gasteiger partial charge on any atom is -0.395 e. The highest BCUT2D eigenvalue weighted by molar-refractivity contribution is 7.89. The molecule has 1 aromatic heterocycles. The van der Waals surface area contributed by atoms with Crippen molar-refractivity contribution in [1.29, 1.82) is 0 Å². The molecule has 1 N–H and O–H groups in total. The van der Waals surface area contributed by atoms with Gasteiger partial charge in [-0.1, -0.05) is 0 Å². The molecule has 8 nitrogen and oxygen atoms in total. The summed E-state index contributed by atoms with van der Waals surface area (Å²) in [6.07, 6.45) is 3.08. The maximum atomic E-state index is 13.0. The van der Waals surface area contributed by atoms with Crippen molar-refractivity contribution in [3.05, 3.63) is 18.5 Å². The van der Waals surface area contributed by atoms with Crippen LogP contribution in [0.2, 0.25) is 0 Å². The number of pyridine rings is 1. The van der Waals surface area contributed by atoms with Gasteiger partial charge >= 0.3 is 0 Å². The van der Waals surface area contributed by atoms with Gasteiger partial charge in [0.2, 0.25) is 10.0 Å². The number of sulfonamides is 1. The molecule has 2 aliphatic heterocycles. The van der Waals surface area contributed by atoms with Crippen LogP contribution in [0.25, 0.3) is 0 Å². The number of aliphatic hydroxyl groups excluding tert-OH is 1. The van der Waals surface area contributed by atoms with Crippen molar-refractivity contribution in [2.45, 2.75) is 4.90 Å². The first kappa shape index (κ1) is 17.6. The minimum absolute atomic E-state index is 0.145. The molecular weight excluding hydrogens is 332 g/mol. The summed E-state index contributed by atoms with van der Waals surface area (Å²) >= 11 is 0. The number of aliphatic hydroxyl groups is 1. The largest absolute Gasteiger partial charge is 0.395 e. The lowest BCUT2D eigenvalue weighted by atomic mass is 10.2. The van der Waals surface area contributed by atoms with Crippen molar-refractivity contribution >= 4 is 15.7 Å². The molecule has 0 radical (unpaired) electrons. The Bertz CT molecular complexity index is 641. The summed E-state index contributed by atoms with van der Waals surface area (Å²) in [5.41, 5.74) is 0.708. The van der Waals surface area contributed by atoms with E-state index in [2.05, 4.69) is 14.8 Å². The van der Waals surface area contributed by atoms with E-state index in [9.17, 15) is 8.42 Å². The van der Waals surface area contributed by atoms with Crippen LogP contribution < -0.4 is 4.90 Å².